The molecular weight excluding hydrogens is 236 g/mol. The van der Waals surface area contributed by atoms with Crippen LogP contribution in [0.1, 0.15) is 23.0 Å². The molecule has 1 unspecified atom stereocenters. The summed E-state index contributed by atoms with van der Waals surface area (Å²) in [6, 6.07) is 8.93. The Morgan fingerprint density at radius 2 is 2.00 bits per heavy atom. The Hall–Kier alpha value is -1.81. The third-order valence-corrected chi connectivity index (χ3v) is 3.82. The summed E-state index contributed by atoms with van der Waals surface area (Å²) in [4.78, 5) is 6.68. The Labute approximate surface area is 114 Å². The summed E-state index contributed by atoms with van der Waals surface area (Å²) >= 11 is 0. The molecule has 0 radical (unpaired) electrons. The molecule has 2 heterocycles. The summed E-state index contributed by atoms with van der Waals surface area (Å²) in [5.41, 5.74) is 5.03. The maximum atomic E-state index is 4.56. The third-order valence-electron chi connectivity index (χ3n) is 3.82. The van der Waals surface area contributed by atoms with E-state index in [0.717, 1.165) is 13.0 Å². The molecule has 0 aliphatic carbocycles. The average molecular weight is 256 g/mol. The molecule has 0 spiro atoms. The second kappa shape index (κ2) is 4.70. The summed E-state index contributed by atoms with van der Waals surface area (Å²) in [5, 5.41) is 3.56. The van der Waals surface area contributed by atoms with E-state index >= 15 is 0 Å². The lowest BCUT2D eigenvalue weighted by atomic mass is 9.97. The fourth-order valence-electron chi connectivity index (χ4n) is 2.69. The summed E-state index contributed by atoms with van der Waals surface area (Å²) in [5.74, 6) is 0. The molecule has 0 amide bonds. The SMILES string of the molecule is CN(C)c1ccc(C2NCCc3c2ncn3C)cc1. The van der Waals surface area contributed by atoms with E-state index in [9.17, 15) is 0 Å². The predicted octanol–water partition coefficient (Wildman–Crippen LogP) is 1.72. The number of benzene rings is 1. The molecule has 19 heavy (non-hydrogen) atoms. The van der Waals surface area contributed by atoms with E-state index < -0.39 is 0 Å². The van der Waals surface area contributed by atoms with Crippen LogP contribution in [-0.4, -0.2) is 30.2 Å². The van der Waals surface area contributed by atoms with Crippen LogP contribution in [0.4, 0.5) is 5.69 Å². The first-order chi connectivity index (χ1) is 9.16. The third kappa shape index (κ3) is 2.12. The minimum absolute atomic E-state index is 0.223. The Bertz CT molecular complexity index is 568. The zero-order chi connectivity index (χ0) is 13.4. The van der Waals surface area contributed by atoms with Gasteiger partial charge in [-0.05, 0) is 17.7 Å². The van der Waals surface area contributed by atoms with Crippen molar-refractivity contribution in [3.05, 3.63) is 47.5 Å². The maximum absolute atomic E-state index is 4.56. The van der Waals surface area contributed by atoms with Crippen LogP contribution in [0, 0.1) is 0 Å². The molecule has 0 bridgehead atoms. The highest BCUT2D eigenvalue weighted by Crippen LogP contribution is 2.28. The van der Waals surface area contributed by atoms with Crippen molar-refractivity contribution in [2.45, 2.75) is 12.5 Å². The zero-order valence-electron chi connectivity index (χ0n) is 11.7. The smallest absolute Gasteiger partial charge is 0.0949 e. The first-order valence-corrected chi connectivity index (χ1v) is 6.67. The van der Waals surface area contributed by atoms with Crippen LogP contribution in [-0.2, 0) is 13.5 Å². The molecule has 100 valence electrons. The quantitative estimate of drug-likeness (QED) is 0.888. The number of hydrogen-bond acceptors (Lipinski definition) is 3. The summed E-state index contributed by atoms with van der Waals surface area (Å²) in [6.45, 7) is 1.01. The van der Waals surface area contributed by atoms with Gasteiger partial charge in [0.15, 0.2) is 0 Å². The summed E-state index contributed by atoms with van der Waals surface area (Å²) < 4.78 is 2.14. The van der Waals surface area contributed by atoms with Gasteiger partial charge in [0.1, 0.15) is 0 Å². The van der Waals surface area contributed by atoms with Crippen LogP contribution in [0.5, 0.6) is 0 Å². The molecule has 1 aliphatic heterocycles. The number of rotatable bonds is 2. The Morgan fingerprint density at radius 1 is 1.26 bits per heavy atom. The van der Waals surface area contributed by atoms with Crippen molar-refractivity contribution in [2.75, 3.05) is 25.5 Å². The van der Waals surface area contributed by atoms with Gasteiger partial charge in [0, 0.05) is 45.5 Å². The molecule has 0 fully saturated rings. The van der Waals surface area contributed by atoms with Gasteiger partial charge < -0.3 is 14.8 Å². The first kappa shape index (κ1) is 12.2. The van der Waals surface area contributed by atoms with Gasteiger partial charge in [0.05, 0.1) is 18.1 Å². The molecule has 2 aromatic rings. The number of fused-ring (bicyclic) bond motifs is 1. The van der Waals surface area contributed by atoms with Gasteiger partial charge in [-0.15, -0.1) is 0 Å². The normalized spacial score (nSPS) is 18.2. The monoisotopic (exact) mass is 256 g/mol. The van der Waals surface area contributed by atoms with Gasteiger partial charge >= 0.3 is 0 Å². The van der Waals surface area contributed by atoms with Crippen LogP contribution in [0.2, 0.25) is 0 Å². The van der Waals surface area contributed by atoms with Gasteiger partial charge in [-0.3, -0.25) is 0 Å². The van der Waals surface area contributed by atoms with E-state index in [1.807, 2.05) is 6.33 Å². The fraction of sp³-hybridized carbons (Fsp3) is 0.400. The van der Waals surface area contributed by atoms with Crippen molar-refractivity contribution in [3.8, 4) is 0 Å². The standard InChI is InChI=1S/C15H20N4/c1-18(2)12-6-4-11(5-7-12)14-15-13(8-9-16-14)19(3)10-17-15/h4-7,10,14,16H,8-9H2,1-3H3. The number of aryl methyl sites for hydroxylation is 1. The molecule has 3 rings (SSSR count). The highest BCUT2D eigenvalue weighted by atomic mass is 15.1. The van der Waals surface area contributed by atoms with Crippen LogP contribution in [0.3, 0.4) is 0 Å². The Balaban J connectivity index is 1.95. The summed E-state index contributed by atoms with van der Waals surface area (Å²) in [7, 11) is 6.19. The van der Waals surface area contributed by atoms with Crippen LogP contribution < -0.4 is 10.2 Å². The molecule has 1 aliphatic rings. The second-order valence-corrected chi connectivity index (χ2v) is 5.31. The number of hydrogen-bond donors (Lipinski definition) is 1. The molecular formula is C15H20N4. The molecule has 1 aromatic heterocycles. The van der Waals surface area contributed by atoms with Crippen LogP contribution in [0.25, 0.3) is 0 Å². The Morgan fingerprint density at radius 3 is 2.68 bits per heavy atom. The predicted molar refractivity (Wildman–Crippen MR) is 77.5 cm³/mol. The lowest BCUT2D eigenvalue weighted by Crippen LogP contribution is -2.31. The van der Waals surface area contributed by atoms with Crippen molar-refractivity contribution in [2.24, 2.45) is 7.05 Å². The largest absolute Gasteiger partial charge is 0.378 e. The van der Waals surface area contributed by atoms with Gasteiger partial charge in [-0.2, -0.15) is 0 Å². The molecule has 0 saturated carbocycles. The zero-order valence-corrected chi connectivity index (χ0v) is 11.7. The highest BCUT2D eigenvalue weighted by Gasteiger charge is 2.24. The van der Waals surface area contributed by atoms with Crippen molar-refractivity contribution in [1.82, 2.24) is 14.9 Å². The van der Waals surface area contributed by atoms with Gasteiger partial charge in [0.2, 0.25) is 0 Å². The number of nitrogens with one attached hydrogen (secondary N) is 1. The average Bonchev–Trinajstić information content (AvgIpc) is 2.81. The fourth-order valence-corrected chi connectivity index (χ4v) is 2.69. The number of nitrogens with zero attached hydrogens (tertiary/aromatic N) is 3. The minimum atomic E-state index is 0.223. The van der Waals surface area contributed by atoms with E-state index in [1.54, 1.807) is 0 Å². The highest BCUT2D eigenvalue weighted by molar-refractivity contribution is 5.47. The number of aromatic nitrogens is 2. The Kier molecular flexibility index (Phi) is 3.03. The summed E-state index contributed by atoms with van der Waals surface area (Å²) in [6.07, 6.45) is 2.97. The van der Waals surface area contributed by atoms with E-state index in [-0.39, 0.29) is 6.04 Å². The van der Waals surface area contributed by atoms with E-state index in [0.29, 0.717) is 0 Å². The second-order valence-electron chi connectivity index (χ2n) is 5.31. The van der Waals surface area contributed by atoms with Gasteiger partial charge in [-0.25, -0.2) is 4.98 Å². The lowest BCUT2D eigenvalue weighted by molar-refractivity contribution is 0.544. The molecule has 4 heteroatoms. The van der Waals surface area contributed by atoms with Gasteiger partial charge in [0.25, 0.3) is 0 Å². The topological polar surface area (TPSA) is 33.1 Å². The molecule has 1 aromatic carbocycles. The number of imidazole rings is 1. The van der Waals surface area contributed by atoms with Crippen LogP contribution >= 0.6 is 0 Å². The first-order valence-electron chi connectivity index (χ1n) is 6.67. The van der Waals surface area contributed by atoms with Crippen molar-refractivity contribution in [1.29, 1.82) is 0 Å². The molecule has 1 N–H and O–H groups in total. The van der Waals surface area contributed by atoms with Crippen molar-refractivity contribution in [3.63, 3.8) is 0 Å². The van der Waals surface area contributed by atoms with E-state index in [4.69, 9.17) is 0 Å². The van der Waals surface area contributed by atoms with E-state index in [2.05, 4.69) is 65.2 Å². The molecule has 4 nitrogen and oxygen atoms in total. The van der Waals surface area contributed by atoms with E-state index in [1.165, 1.54) is 22.6 Å². The van der Waals surface area contributed by atoms with Crippen LogP contribution in [0.15, 0.2) is 30.6 Å². The molecule has 0 saturated heterocycles. The van der Waals surface area contributed by atoms with Gasteiger partial charge in [-0.1, -0.05) is 12.1 Å². The van der Waals surface area contributed by atoms with Crippen molar-refractivity contribution < 1.29 is 0 Å². The number of anilines is 1. The minimum Gasteiger partial charge on any atom is -0.378 e. The maximum Gasteiger partial charge on any atom is 0.0949 e. The lowest BCUT2D eigenvalue weighted by Gasteiger charge is -2.24. The molecule has 1 atom stereocenters. The van der Waals surface area contributed by atoms with Crippen molar-refractivity contribution >= 4 is 5.69 Å².